The Morgan fingerprint density at radius 2 is 2.29 bits per heavy atom. The molecule has 0 unspecified atom stereocenters. The standard InChI is InChI=1S/C11H8BrClO4/c1-16-4-7-6-2-5(13)3-8(12)9(6)17-10(7)11(14)15/h2-3H,4H2,1H3,(H,14,15). The van der Waals surface area contributed by atoms with Crippen LogP contribution in [0.2, 0.25) is 5.02 Å². The van der Waals surface area contributed by atoms with Gasteiger partial charge >= 0.3 is 5.97 Å². The van der Waals surface area contributed by atoms with Crippen LogP contribution in [0.15, 0.2) is 21.0 Å². The number of carboxylic acid groups (broad SMARTS) is 1. The van der Waals surface area contributed by atoms with Gasteiger partial charge in [0.2, 0.25) is 5.76 Å². The van der Waals surface area contributed by atoms with Crippen LogP contribution in [-0.2, 0) is 11.3 Å². The van der Waals surface area contributed by atoms with E-state index in [1.54, 1.807) is 12.1 Å². The summed E-state index contributed by atoms with van der Waals surface area (Å²) in [5, 5.41) is 10.2. The van der Waals surface area contributed by atoms with E-state index in [0.717, 1.165) is 0 Å². The second-order valence-electron chi connectivity index (χ2n) is 3.41. The first kappa shape index (κ1) is 12.4. The van der Waals surface area contributed by atoms with Gasteiger partial charge in [-0.25, -0.2) is 4.79 Å². The van der Waals surface area contributed by atoms with Crippen molar-refractivity contribution in [2.45, 2.75) is 6.61 Å². The lowest BCUT2D eigenvalue weighted by Crippen LogP contribution is -1.99. The Kier molecular flexibility index (Phi) is 3.42. The molecule has 0 aliphatic heterocycles. The number of furan rings is 1. The van der Waals surface area contributed by atoms with Crippen LogP contribution in [0.1, 0.15) is 16.1 Å². The van der Waals surface area contributed by atoms with E-state index in [4.69, 9.17) is 25.9 Å². The van der Waals surface area contributed by atoms with E-state index in [0.29, 0.717) is 26.0 Å². The second kappa shape index (κ2) is 4.68. The van der Waals surface area contributed by atoms with Gasteiger partial charge < -0.3 is 14.3 Å². The summed E-state index contributed by atoms with van der Waals surface area (Å²) >= 11 is 9.21. The number of carbonyl (C=O) groups is 1. The monoisotopic (exact) mass is 318 g/mol. The third-order valence-electron chi connectivity index (χ3n) is 2.29. The number of hydrogen-bond donors (Lipinski definition) is 1. The molecule has 0 saturated carbocycles. The molecule has 0 fully saturated rings. The Balaban J connectivity index is 2.79. The quantitative estimate of drug-likeness (QED) is 0.937. The third-order valence-corrected chi connectivity index (χ3v) is 3.10. The van der Waals surface area contributed by atoms with E-state index in [2.05, 4.69) is 15.9 Å². The molecule has 0 radical (unpaired) electrons. The molecule has 0 saturated heterocycles. The van der Waals surface area contributed by atoms with Gasteiger partial charge in [0.1, 0.15) is 5.58 Å². The zero-order chi connectivity index (χ0) is 12.6. The predicted octanol–water partition coefficient (Wildman–Crippen LogP) is 3.69. The van der Waals surface area contributed by atoms with Gasteiger partial charge in [-0.15, -0.1) is 0 Å². The maximum absolute atomic E-state index is 11.1. The minimum Gasteiger partial charge on any atom is -0.475 e. The molecule has 90 valence electrons. The predicted molar refractivity (Wildman–Crippen MR) is 66.6 cm³/mol. The van der Waals surface area contributed by atoms with Crippen LogP contribution >= 0.6 is 27.5 Å². The van der Waals surface area contributed by atoms with E-state index in [1.807, 2.05) is 0 Å². The van der Waals surface area contributed by atoms with Crippen molar-refractivity contribution in [2.24, 2.45) is 0 Å². The fourth-order valence-corrected chi connectivity index (χ4v) is 2.53. The molecule has 1 aromatic carbocycles. The van der Waals surface area contributed by atoms with Crippen LogP contribution in [0.4, 0.5) is 0 Å². The number of rotatable bonds is 3. The van der Waals surface area contributed by atoms with Crippen LogP contribution in [0.25, 0.3) is 11.0 Å². The van der Waals surface area contributed by atoms with E-state index in [1.165, 1.54) is 7.11 Å². The summed E-state index contributed by atoms with van der Waals surface area (Å²) < 4.78 is 10.9. The first-order valence-corrected chi connectivity index (χ1v) is 5.84. The molecule has 1 aromatic heterocycles. The molecular weight excluding hydrogens is 311 g/mol. The van der Waals surface area contributed by atoms with Crippen molar-refractivity contribution in [3.8, 4) is 0 Å². The van der Waals surface area contributed by atoms with Crippen molar-refractivity contribution in [1.29, 1.82) is 0 Å². The van der Waals surface area contributed by atoms with Crippen molar-refractivity contribution in [1.82, 2.24) is 0 Å². The summed E-state index contributed by atoms with van der Waals surface area (Å²) in [7, 11) is 1.49. The number of halogens is 2. The molecule has 0 aliphatic carbocycles. The molecule has 2 aromatic rings. The summed E-state index contributed by atoms with van der Waals surface area (Å²) in [6, 6.07) is 3.31. The number of fused-ring (bicyclic) bond motifs is 1. The lowest BCUT2D eigenvalue weighted by molar-refractivity contribution is 0.0658. The van der Waals surface area contributed by atoms with Gasteiger partial charge in [-0.05, 0) is 28.1 Å². The van der Waals surface area contributed by atoms with Crippen LogP contribution in [0, 0.1) is 0 Å². The molecule has 0 spiro atoms. The lowest BCUT2D eigenvalue weighted by Gasteiger charge is -1.98. The van der Waals surface area contributed by atoms with Crippen molar-refractivity contribution in [3.05, 3.63) is 33.0 Å². The highest BCUT2D eigenvalue weighted by molar-refractivity contribution is 9.10. The number of hydrogen-bond acceptors (Lipinski definition) is 3. The highest BCUT2D eigenvalue weighted by atomic mass is 79.9. The van der Waals surface area contributed by atoms with Gasteiger partial charge in [-0.1, -0.05) is 11.6 Å². The first-order chi connectivity index (χ1) is 8.04. The van der Waals surface area contributed by atoms with Gasteiger partial charge in [-0.3, -0.25) is 0 Å². The van der Waals surface area contributed by atoms with E-state index in [-0.39, 0.29) is 12.4 Å². The van der Waals surface area contributed by atoms with Crippen molar-refractivity contribution >= 4 is 44.5 Å². The van der Waals surface area contributed by atoms with Crippen molar-refractivity contribution in [3.63, 3.8) is 0 Å². The minimum absolute atomic E-state index is 0.121. The number of aromatic carboxylic acids is 1. The molecule has 2 rings (SSSR count). The van der Waals surface area contributed by atoms with E-state index >= 15 is 0 Å². The fourth-order valence-electron chi connectivity index (χ4n) is 1.63. The number of methoxy groups -OCH3 is 1. The summed E-state index contributed by atoms with van der Waals surface area (Å²) in [5.74, 6) is -1.25. The zero-order valence-electron chi connectivity index (χ0n) is 8.79. The zero-order valence-corrected chi connectivity index (χ0v) is 11.1. The molecule has 17 heavy (non-hydrogen) atoms. The van der Waals surface area contributed by atoms with Crippen LogP contribution in [-0.4, -0.2) is 18.2 Å². The largest absolute Gasteiger partial charge is 0.475 e. The Morgan fingerprint density at radius 1 is 1.59 bits per heavy atom. The Labute approximate surface area is 110 Å². The molecule has 0 atom stereocenters. The summed E-state index contributed by atoms with van der Waals surface area (Å²) in [5.41, 5.74) is 0.942. The summed E-state index contributed by atoms with van der Waals surface area (Å²) in [4.78, 5) is 11.1. The first-order valence-electron chi connectivity index (χ1n) is 4.67. The highest BCUT2D eigenvalue weighted by Crippen LogP contribution is 2.34. The fraction of sp³-hybridized carbons (Fsp3) is 0.182. The molecule has 1 N–H and O–H groups in total. The van der Waals surface area contributed by atoms with Crippen LogP contribution < -0.4 is 0 Å². The van der Waals surface area contributed by atoms with Gasteiger partial charge in [-0.2, -0.15) is 0 Å². The third kappa shape index (κ3) is 2.18. The lowest BCUT2D eigenvalue weighted by atomic mass is 10.1. The Morgan fingerprint density at radius 3 is 2.88 bits per heavy atom. The number of benzene rings is 1. The van der Waals surface area contributed by atoms with Crippen LogP contribution in [0.3, 0.4) is 0 Å². The van der Waals surface area contributed by atoms with Crippen molar-refractivity contribution < 1.29 is 19.1 Å². The minimum atomic E-state index is -1.13. The Bertz CT molecular complexity index is 591. The van der Waals surface area contributed by atoms with Gasteiger partial charge in [0, 0.05) is 23.1 Å². The maximum atomic E-state index is 11.1. The second-order valence-corrected chi connectivity index (χ2v) is 4.70. The molecule has 6 heteroatoms. The average Bonchev–Trinajstić information content (AvgIpc) is 2.58. The van der Waals surface area contributed by atoms with Gasteiger partial charge in [0.25, 0.3) is 0 Å². The molecule has 0 bridgehead atoms. The normalized spacial score (nSPS) is 11.0. The van der Waals surface area contributed by atoms with E-state index in [9.17, 15) is 4.79 Å². The van der Waals surface area contributed by atoms with E-state index < -0.39 is 5.97 Å². The average molecular weight is 320 g/mol. The summed E-state index contributed by atoms with van der Waals surface area (Å²) in [6.07, 6.45) is 0. The number of ether oxygens (including phenoxy) is 1. The molecular formula is C11H8BrClO4. The summed E-state index contributed by atoms with van der Waals surface area (Å²) in [6.45, 7) is 0.154. The topological polar surface area (TPSA) is 59.7 Å². The van der Waals surface area contributed by atoms with Crippen molar-refractivity contribution in [2.75, 3.05) is 7.11 Å². The number of carboxylic acids is 1. The van der Waals surface area contributed by atoms with Gasteiger partial charge in [0.15, 0.2) is 0 Å². The highest BCUT2D eigenvalue weighted by Gasteiger charge is 2.21. The molecule has 1 heterocycles. The SMILES string of the molecule is COCc1c(C(=O)O)oc2c(Br)cc(Cl)cc12. The molecule has 4 nitrogen and oxygen atoms in total. The molecule has 0 aliphatic rings. The smallest absolute Gasteiger partial charge is 0.372 e. The Hall–Kier alpha value is -1.04. The van der Waals surface area contributed by atoms with Crippen LogP contribution in [0.5, 0.6) is 0 Å². The van der Waals surface area contributed by atoms with Gasteiger partial charge in [0.05, 0.1) is 11.1 Å². The molecule has 0 amide bonds. The maximum Gasteiger partial charge on any atom is 0.372 e.